The van der Waals surface area contributed by atoms with Crippen LogP contribution in [-0.2, 0) is 9.53 Å². The van der Waals surface area contributed by atoms with Gasteiger partial charge in [-0.25, -0.2) is 0 Å². The predicted molar refractivity (Wildman–Crippen MR) is 91.0 cm³/mol. The first-order valence-corrected chi connectivity index (χ1v) is 9.36. The van der Waals surface area contributed by atoms with Crippen molar-refractivity contribution in [3.05, 3.63) is 0 Å². The van der Waals surface area contributed by atoms with Gasteiger partial charge in [-0.05, 0) is 50.4 Å². The van der Waals surface area contributed by atoms with E-state index in [-0.39, 0.29) is 5.92 Å². The molecule has 0 aromatic heterocycles. The molecule has 0 atom stereocenters. The molecule has 2 aliphatic rings. The lowest BCUT2D eigenvalue weighted by molar-refractivity contribution is -0.124. The summed E-state index contributed by atoms with van der Waals surface area (Å²) in [6.07, 6.45) is 8.26. The van der Waals surface area contributed by atoms with Crippen LogP contribution in [0.1, 0.15) is 66.2 Å². The summed E-state index contributed by atoms with van der Waals surface area (Å²) in [6.45, 7) is 11.3. The Kier molecular flexibility index (Phi) is 6.88. The van der Waals surface area contributed by atoms with E-state index in [0.29, 0.717) is 24.5 Å². The Bertz CT molecular complexity index is 337. The molecule has 3 nitrogen and oxygen atoms in total. The van der Waals surface area contributed by atoms with Crippen LogP contribution in [-0.4, -0.2) is 42.5 Å². The topological polar surface area (TPSA) is 29.5 Å². The Labute approximate surface area is 136 Å². The van der Waals surface area contributed by atoms with Crippen LogP contribution in [0.5, 0.6) is 0 Å². The Hall–Kier alpha value is -0.410. The Morgan fingerprint density at radius 2 is 1.50 bits per heavy atom. The summed E-state index contributed by atoms with van der Waals surface area (Å²) in [5.41, 5.74) is 0. The van der Waals surface area contributed by atoms with Crippen molar-refractivity contribution in [2.45, 2.75) is 78.4 Å². The quantitative estimate of drug-likeness (QED) is 0.745. The van der Waals surface area contributed by atoms with E-state index in [1.54, 1.807) is 0 Å². The van der Waals surface area contributed by atoms with Crippen LogP contribution in [0, 0.1) is 17.8 Å². The lowest BCUT2D eigenvalue weighted by atomic mass is 9.80. The third-order valence-electron chi connectivity index (χ3n) is 5.60. The van der Waals surface area contributed by atoms with Gasteiger partial charge in [0.1, 0.15) is 5.78 Å². The molecule has 0 amide bonds. The van der Waals surface area contributed by atoms with E-state index < -0.39 is 0 Å². The van der Waals surface area contributed by atoms with E-state index in [2.05, 4.69) is 18.7 Å². The smallest absolute Gasteiger partial charge is 0.149 e. The van der Waals surface area contributed by atoms with Crippen molar-refractivity contribution in [1.82, 2.24) is 4.90 Å². The molecule has 1 aliphatic carbocycles. The summed E-state index contributed by atoms with van der Waals surface area (Å²) in [4.78, 5) is 14.1. The molecule has 128 valence electrons. The normalized spacial score (nSPS) is 28.5. The molecule has 22 heavy (non-hydrogen) atoms. The van der Waals surface area contributed by atoms with Crippen molar-refractivity contribution < 1.29 is 9.53 Å². The van der Waals surface area contributed by atoms with Crippen molar-refractivity contribution in [2.24, 2.45) is 17.8 Å². The summed E-state index contributed by atoms with van der Waals surface area (Å²) in [7, 11) is 0. The lowest BCUT2D eigenvalue weighted by Crippen LogP contribution is -2.42. The van der Waals surface area contributed by atoms with E-state index in [0.717, 1.165) is 37.8 Å². The average molecular weight is 309 g/mol. The molecule has 1 heterocycles. The highest BCUT2D eigenvalue weighted by Crippen LogP contribution is 2.32. The second kappa shape index (κ2) is 8.44. The van der Waals surface area contributed by atoms with Crippen LogP contribution in [0.15, 0.2) is 0 Å². The van der Waals surface area contributed by atoms with Gasteiger partial charge in [0, 0.05) is 19.0 Å². The zero-order valence-electron chi connectivity index (χ0n) is 15.0. The second-order valence-corrected chi connectivity index (χ2v) is 8.01. The van der Waals surface area contributed by atoms with Gasteiger partial charge in [0.05, 0.1) is 18.8 Å². The fraction of sp³-hybridized carbons (Fsp3) is 0.947. The van der Waals surface area contributed by atoms with Gasteiger partial charge < -0.3 is 4.74 Å². The van der Waals surface area contributed by atoms with Gasteiger partial charge in [0.2, 0.25) is 0 Å². The number of ether oxygens (including phenoxy) is 1. The van der Waals surface area contributed by atoms with Crippen LogP contribution < -0.4 is 0 Å². The molecule has 1 saturated carbocycles. The molecule has 0 aromatic rings. The number of hydrogen-bond donors (Lipinski definition) is 0. The van der Waals surface area contributed by atoms with Crippen LogP contribution in [0.2, 0.25) is 0 Å². The van der Waals surface area contributed by atoms with E-state index in [9.17, 15) is 4.79 Å². The molecule has 1 saturated heterocycles. The highest BCUT2D eigenvalue weighted by molar-refractivity contribution is 5.82. The first kappa shape index (κ1) is 17.9. The van der Waals surface area contributed by atoms with Crippen LogP contribution in [0.25, 0.3) is 0 Å². The molecule has 0 bridgehead atoms. The van der Waals surface area contributed by atoms with E-state index in [4.69, 9.17) is 4.74 Å². The molecule has 0 unspecified atom stereocenters. The van der Waals surface area contributed by atoms with Gasteiger partial charge in [0.25, 0.3) is 0 Å². The molecular weight excluding hydrogens is 274 g/mol. The minimum absolute atomic E-state index is 0.158. The number of piperidine rings is 1. The third-order valence-corrected chi connectivity index (χ3v) is 5.60. The monoisotopic (exact) mass is 309 g/mol. The second-order valence-electron chi connectivity index (χ2n) is 8.01. The number of hydrogen-bond acceptors (Lipinski definition) is 3. The number of nitrogens with zero attached hydrogens (tertiary/aromatic N) is 1. The number of carbonyl (C=O) groups excluding carboxylic acids is 1. The van der Waals surface area contributed by atoms with Crippen molar-refractivity contribution in [1.29, 1.82) is 0 Å². The van der Waals surface area contributed by atoms with Crippen LogP contribution in [0.4, 0.5) is 0 Å². The molecule has 2 fully saturated rings. The SMILES string of the molecule is CC(C)C(=O)CN1CCC(OC2CCC(C(C)C)CC2)CC1. The van der Waals surface area contributed by atoms with E-state index in [1.165, 1.54) is 25.7 Å². The minimum atomic E-state index is 0.158. The number of rotatable bonds is 6. The molecule has 0 N–H and O–H groups in total. The van der Waals surface area contributed by atoms with E-state index >= 15 is 0 Å². The predicted octanol–water partition coefficient (Wildman–Crippen LogP) is 3.91. The molecule has 0 aromatic carbocycles. The summed E-state index contributed by atoms with van der Waals surface area (Å²) >= 11 is 0. The summed E-state index contributed by atoms with van der Waals surface area (Å²) < 4.78 is 6.35. The molecule has 0 radical (unpaired) electrons. The fourth-order valence-corrected chi connectivity index (χ4v) is 3.77. The largest absolute Gasteiger partial charge is 0.375 e. The standard InChI is InChI=1S/C19H35NO2/c1-14(2)16-5-7-17(8-6-16)22-18-9-11-20(12-10-18)13-19(21)15(3)4/h14-18H,5-13H2,1-4H3. The zero-order valence-corrected chi connectivity index (χ0v) is 15.0. The highest BCUT2D eigenvalue weighted by Gasteiger charge is 2.28. The maximum absolute atomic E-state index is 11.8. The zero-order chi connectivity index (χ0) is 16.1. The third kappa shape index (κ3) is 5.34. The fourth-order valence-electron chi connectivity index (χ4n) is 3.77. The maximum Gasteiger partial charge on any atom is 0.149 e. The van der Waals surface area contributed by atoms with Gasteiger partial charge >= 0.3 is 0 Å². The van der Waals surface area contributed by atoms with Gasteiger partial charge in [-0.2, -0.15) is 0 Å². The van der Waals surface area contributed by atoms with Gasteiger partial charge in [-0.3, -0.25) is 9.69 Å². The first-order valence-electron chi connectivity index (χ1n) is 9.36. The molecule has 3 heteroatoms. The molecule has 1 aliphatic heterocycles. The molecular formula is C19H35NO2. The van der Waals surface area contributed by atoms with Crippen molar-refractivity contribution in [2.75, 3.05) is 19.6 Å². The molecule has 2 rings (SSSR count). The number of ketones is 1. The number of carbonyl (C=O) groups is 1. The van der Waals surface area contributed by atoms with Crippen LogP contribution >= 0.6 is 0 Å². The molecule has 0 spiro atoms. The average Bonchev–Trinajstić information content (AvgIpc) is 2.49. The summed E-state index contributed by atoms with van der Waals surface area (Å²) in [5, 5.41) is 0. The van der Waals surface area contributed by atoms with Crippen LogP contribution in [0.3, 0.4) is 0 Å². The Morgan fingerprint density at radius 1 is 0.955 bits per heavy atom. The van der Waals surface area contributed by atoms with Crippen molar-refractivity contribution in [3.8, 4) is 0 Å². The summed E-state index contributed by atoms with van der Waals surface area (Å²) in [6, 6.07) is 0. The Balaban J connectivity index is 1.65. The minimum Gasteiger partial charge on any atom is -0.375 e. The lowest BCUT2D eigenvalue weighted by Gasteiger charge is -2.36. The first-order chi connectivity index (χ1) is 10.5. The number of likely N-dealkylation sites (tertiary alicyclic amines) is 1. The summed E-state index contributed by atoms with van der Waals surface area (Å²) in [5.74, 6) is 2.25. The van der Waals surface area contributed by atoms with Gasteiger partial charge in [-0.1, -0.05) is 27.7 Å². The highest BCUT2D eigenvalue weighted by atomic mass is 16.5. The van der Waals surface area contributed by atoms with E-state index in [1.807, 2.05) is 13.8 Å². The van der Waals surface area contributed by atoms with Crippen molar-refractivity contribution >= 4 is 5.78 Å². The maximum atomic E-state index is 11.8. The number of Topliss-reactive ketones (excluding diaryl/α,β-unsaturated/α-hetero) is 1. The van der Waals surface area contributed by atoms with Crippen molar-refractivity contribution in [3.63, 3.8) is 0 Å². The van der Waals surface area contributed by atoms with Gasteiger partial charge in [0.15, 0.2) is 0 Å². The van der Waals surface area contributed by atoms with Gasteiger partial charge in [-0.15, -0.1) is 0 Å². The Morgan fingerprint density at radius 3 is 2.00 bits per heavy atom.